The molecule has 3 atom stereocenters. The number of hydrogen-bond donors (Lipinski definition) is 2. The Morgan fingerprint density at radius 1 is 1.17 bits per heavy atom. The number of hydrogen-bond acceptors (Lipinski definition) is 7. The lowest BCUT2D eigenvalue weighted by atomic mass is 9.97. The number of carbonyl (C=O) groups excluding carboxylic acids is 2. The summed E-state index contributed by atoms with van der Waals surface area (Å²) in [6.07, 6.45) is 1.63. The molecule has 9 nitrogen and oxygen atoms in total. The molecule has 10 heteroatoms. The minimum atomic E-state index is -0.545. The first-order valence-electron chi connectivity index (χ1n) is 12.0. The van der Waals surface area contributed by atoms with Gasteiger partial charge in [0.05, 0.1) is 24.3 Å². The van der Waals surface area contributed by atoms with E-state index in [1.807, 2.05) is 17.0 Å². The standard InChI is InChI=1S/C25H33ClN6O3/c1-16-12-20(33)23-22(16)24(29-15-28-23)31-8-10-32(11-9-31)25(35)19(13-27-14-21(34)30(2)3)17-4-6-18(26)7-5-17/h4-7,15-16,19-20,27,33H,8-14H2,1-3H3/t16-,19?,20-/m1/s1. The van der Waals surface area contributed by atoms with E-state index in [2.05, 4.69) is 27.1 Å². The second-order valence-corrected chi connectivity index (χ2v) is 9.92. The van der Waals surface area contributed by atoms with Crippen molar-refractivity contribution in [1.29, 1.82) is 0 Å². The number of aliphatic hydroxyl groups excluding tert-OH is 1. The topological polar surface area (TPSA) is 102 Å². The van der Waals surface area contributed by atoms with Crippen LogP contribution in [0.5, 0.6) is 0 Å². The SMILES string of the molecule is C[C@@H]1C[C@@H](O)c2ncnc(N3CCN(C(=O)C(CNCC(=O)N(C)C)c4ccc(Cl)cc4)CC3)c21. The zero-order chi connectivity index (χ0) is 25.1. The van der Waals surface area contributed by atoms with Gasteiger partial charge in [0.2, 0.25) is 11.8 Å². The van der Waals surface area contributed by atoms with Crippen molar-refractivity contribution < 1.29 is 14.7 Å². The first-order chi connectivity index (χ1) is 16.8. The second kappa shape index (κ2) is 10.9. The highest BCUT2D eigenvalue weighted by Crippen LogP contribution is 2.42. The molecule has 2 aliphatic rings. The molecule has 4 rings (SSSR count). The lowest BCUT2D eigenvalue weighted by Gasteiger charge is -2.38. The van der Waals surface area contributed by atoms with Crippen LogP contribution in [0.25, 0.3) is 0 Å². The summed E-state index contributed by atoms with van der Waals surface area (Å²) in [5, 5.41) is 14.1. The molecule has 1 aliphatic carbocycles. The minimum absolute atomic E-state index is 0.0217. The highest BCUT2D eigenvalue weighted by atomic mass is 35.5. The van der Waals surface area contributed by atoms with E-state index in [0.717, 1.165) is 22.6 Å². The van der Waals surface area contributed by atoms with Crippen LogP contribution in [-0.4, -0.2) is 90.1 Å². The van der Waals surface area contributed by atoms with Crippen LogP contribution < -0.4 is 10.2 Å². The van der Waals surface area contributed by atoms with Gasteiger partial charge >= 0.3 is 0 Å². The molecule has 2 aromatic rings. The van der Waals surface area contributed by atoms with Gasteiger partial charge < -0.3 is 25.1 Å². The number of fused-ring (bicyclic) bond motifs is 1. The molecule has 1 aromatic carbocycles. The molecule has 0 saturated carbocycles. The van der Waals surface area contributed by atoms with Crippen LogP contribution in [0.2, 0.25) is 5.02 Å². The molecule has 2 amide bonds. The van der Waals surface area contributed by atoms with Gasteiger partial charge in [-0.25, -0.2) is 9.97 Å². The first-order valence-corrected chi connectivity index (χ1v) is 12.4. The van der Waals surface area contributed by atoms with Crippen molar-refractivity contribution in [1.82, 2.24) is 25.1 Å². The Balaban J connectivity index is 1.44. The van der Waals surface area contributed by atoms with Crippen LogP contribution >= 0.6 is 11.6 Å². The largest absolute Gasteiger partial charge is 0.387 e. The van der Waals surface area contributed by atoms with Gasteiger partial charge in [-0.15, -0.1) is 0 Å². The fourth-order valence-corrected chi connectivity index (χ4v) is 4.96. The average Bonchev–Trinajstić information content (AvgIpc) is 3.15. The number of aliphatic hydroxyl groups is 1. The highest BCUT2D eigenvalue weighted by Gasteiger charge is 2.35. The average molecular weight is 501 g/mol. The van der Waals surface area contributed by atoms with Crippen molar-refractivity contribution in [3.63, 3.8) is 0 Å². The maximum Gasteiger partial charge on any atom is 0.236 e. The lowest BCUT2D eigenvalue weighted by Crippen LogP contribution is -2.51. The summed E-state index contributed by atoms with van der Waals surface area (Å²) in [6.45, 7) is 5.04. The third-order valence-electron chi connectivity index (χ3n) is 6.86. The monoisotopic (exact) mass is 500 g/mol. The number of benzene rings is 1. The molecule has 1 aliphatic heterocycles. The van der Waals surface area contributed by atoms with Crippen molar-refractivity contribution in [2.75, 3.05) is 58.3 Å². The van der Waals surface area contributed by atoms with Crippen molar-refractivity contribution in [3.8, 4) is 0 Å². The zero-order valence-corrected chi connectivity index (χ0v) is 21.2. The molecular weight excluding hydrogens is 468 g/mol. The Morgan fingerprint density at radius 3 is 2.51 bits per heavy atom. The van der Waals surface area contributed by atoms with Gasteiger partial charge in [-0.2, -0.15) is 0 Å². The molecule has 1 fully saturated rings. The number of halogens is 1. The second-order valence-electron chi connectivity index (χ2n) is 9.48. The Labute approximate surface area is 211 Å². The molecule has 188 valence electrons. The van der Waals surface area contributed by atoms with E-state index in [1.165, 1.54) is 11.2 Å². The van der Waals surface area contributed by atoms with Crippen LogP contribution in [0, 0.1) is 0 Å². The number of rotatable bonds is 7. The lowest BCUT2D eigenvalue weighted by molar-refractivity contribution is -0.133. The third-order valence-corrected chi connectivity index (χ3v) is 7.12. The van der Waals surface area contributed by atoms with Gasteiger partial charge in [0.1, 0.15) is 12.1 Å². The van der Waals surface area contributed by atoms with Crippen molar-refractivity contribution in [3.05, 3.63) is 52.4 Å². The molecule has 2 N–H and O–H groups in total. The number of piperazine rings is 1. The smallest absolute Gasteiger partial charge is 0.236 e. The van der Waals surface area contributed by atoms with Gasteiger partial charge in [0, 0.05) is 57.4 Å². The van der Waals surface area contributed by atoms with Crippen LogP contribution in [0.3, 0.4) is 0 Å². The fourth-order valence-electron chi connectivity index (χ4n) is 4.84. The van der Waals surface area contributed by atoms with Gasteiger partial charge in [-0.3, -0.25) is 9.59 Å². The van der Waals surface area contributed by atoms with E-state index in [4.69, 9.17) is 11.6 Å². The van der Waals surface area contributed by atoms with Crippen LogP contribution in [0.1, 0.15) is 48.1 Å². The van der Waals surface area contributed by atoms with Gasteiger partial charge in [-0.05, 0) is 30.0 Å². The molecule has 1 unspecified atom stereocenters. The summed E-state index contributed by atoms with van der Waals surface area (Å²) >= 11 is 6.07. The molecule has 35 heavy (non-hydrogen) atoms. The Hall–Kier alpha value is -2.75. The summed E-state index contributed by atoms with van der Waals surface area (Å²) in [5.41, 5.74) is 2.61. The van der Waals surface area contributed by atoms with Gasteiger partial charge in [0.15, 0.2) is 0 Å². The fraction of sp³-hybridized carbons (Fsp3) is 0.520. The highest BCUT2D eigenvalue weighted by molar-refractivity contribution is 6.30. The van der Waals surface area contributed by atoms with E-state index >= 15 is 0 Å². The first kappa shape index (κ1) is 25.3. The van der Waals surface area contributed by atoms with Crippen LogP contribution in [-0.2, 0) is 9.59 Å². The number of carbonyl (C=O) groups is 2. The summed E-state index contributed by atoms with van der Waals surface area (Å²) in [4.78, 5) is 40.0. The van der Waals surface area contributed by atoms with Crippen molar-refractivity contribution in [2.24, 2.45) is 0 Å². The third kappa shape index (κ3) is 5.58. The van der Waals surface area contributed by atoms with Gasteiger partial charge in [-0.1, -0.05) is 30.7 Å². The summed E-state index contributed by atoms with van der Waals surface area (Å²) in [6, 6.07) is 7.30. The van der Waals surface area contributed by atoms with E-state index in [0.29, 0.717) is 44.2 Å². The zero-order valence-electron chi connectivity index (χ0n) is 20.4. The van der Waals surface area contributed by atoms with Crippen molar-refractivity contribution in [2.45, 2.75) is 31.3 Å². The number of nitrogens with zero attached hydrogens (tertiary/aromatic N) is 5. The summed E-state index contributed by atoms with van der Waals surface area (Å²) < 4.78 is 0. The maximum atomic E-state index is 13.6. The predicted molar refractivity (Wildman–Crippen MR) is 135 cm³/mol. The molecular formula is C25H33ClN6O3. The molecule has 0 radical (unpaired) electrons. The summed E-state index contributed by atoms with van der Waals surface area (Å²) in [5.74, 6) is 0.615. The Kier molecular flexibility index (Phi) is 7.88. The Bertz CT molecular complexity index is 1060. The molecule has 1 aromatic heterocycles. The van der Waals surface area contributed by atoms with Crippen LogP contribution in [0.15, 0.2) is 30.6 Å². The van der Waals surface area contributed by atoms with E-state index < -0.39 is 12.0 Å². The van der Waals surface area contributed by atoms with Crippen molar-refractivity contribution >= 4 is 29.2 Å². The maximum absolute atomic E-state index is 13.6. The molecule has 2 heterocycles. The molecule has 1 saturated heterocycles. The molecule has 0 spiro atoms. The number of aromatic nitrogens is 2. The van der Waals surface area contributed by atoms with E-state index in [9.17, 15) is 14.7 Å². The predicted octanol–water partition coefficient (Wildman–Crippen LogP) is 1.78. The quantitative estimate of drug-likeness (QED) is 0.597. The van der Waals surface area contributed by atoms with Gasteiger partial charge in [0.25, 0.3) is 0 Å². The van der Waals surface area contributed by atoms with E-state index in [-0.39, 0.29) is 24.3 Å². The van der Waals surface area contributed by atoms with Crippen LogP contribution in [0.4, 0.5) is 5.82 Å². The van der Waals surface area contributed by atoms with E-state index in [1.54, 1.807) is 26.2 Å². The number of anilines is 1. The number of nitrogens with one attached hydrogen (secondary N) is 1. The Morgan fingerprint density at radius 2 is 1.86 bits per heavy atom. The number of amides is 2. The minimum Gasteiger partial charge on any atom is -0.387 e. The molecule has 0 bridgehead atoms. The normalized spacial score (nSPS) is 20.5. The number of likely N-dealkylation sites (N-methyl/N-ethyl adjacent to an activating group) is 1. The summed E-state index contributed by atoms with van der Waals surface area (Å²) in [7, 11) is 3.42.